The van der Waals surface area contributed by atoms with Gasteiger partial charge in [-0.05, 0) is 25.0 Å². The van der Waals surface area contributed by atoms with E-state index in [0.29, 0.717) is 10.6 Å². The largest absolute Gasteiger partial charge is 0.395 e. The van der Waals surface area contributed by atoms with Crippen LogP contribution in [0.5, 0.6) is 0 Å². The average molecular weight is 215 g/mol. The first kappa shape index (κ1) is 9.94. The van der Waals surface area contributed by atoms with Crippen LogP contribution in [0.25, 0.3) is 0 Å². The Balaban J connectivity index is 2.49. The molecule has 1 fully saturated rings. The Labute approximate surface area is 87.5 Å². The van der Waals surface area contributed by atoms with E-state index < -0.39 is 5.41 Å². The van der Waals surface area contributed by atoms with Gasteiger partial charge in [-0.3, -0.25) is 0 Å². The van der Waals surface area contributed by atoms with Crippen molar-refractivity contribution in [1.82, 2.24) is 0 Å². The van der Waals surface area contributed by atoms with Crippen molar-refractivity contribution in [2.24, 2.45) is 0 Å². The van der Waals surface area contributed by atoms with Crippen molar-refractivity contribution in [1.29, 1.82) is 0 Å². The monoisotopic (exact) mass is 214 g/mol. The van der Waals surface area contributed by atoms with Crippen LogP contribution in [0.1, 0.15) is 24.8 Å². The van der Waals surface area contributed by atoms with Crippen molar-refractivity contribution < 1.29 is 9.50 Å². The number of hydrogen-bond acceptors (Lipinski definition) is 1. The highest BCUT2D eigenvalue weighted by Crippen LogP contribution is 2.46. The van der Waals surface area contributed by atoms with Gasteiger partial charge in [-0.2, -0.15) is 0 Å². The van der Waals surface area contributed by atoms with Crippen LogP contribution >= 0.6 is 11.6 Å². The first-order valence-electron chi connectivity index (χ1n) is 4.75. The third-order valence-electron chi connectivity index (χ3n) is 3.11. The van der Waals surface area contributed by atoms with Crippen molar-refractivity contribution >= 4 is 11.6 Å². The molecule has 1 N–H and O–H groups in total. The lowest BCUT2D eigenvalue weighted by Gasteiger charge is -2.41. The van der Waals surface area contributed by atoms with Crippen LogP contribution in [0.15, 0.2) is 18.2 Å². The molecule has 14 heavy (non-hydrogen) atoms. The Kier molecular flexibility index (Phi) is 2.50. The summed E-state index contributed by atoms with van der Waals surface area (Å²) in [5.74, 6) is -0.300. The molecule has 0 atom stereocenters. The van der Waals surface area contributed by atoms with Crippen LogP contribution < -0.4 is 0 Å². The third kappa shape index (κ3) is 1.33. The molecular weight excluding hydrogens is 203 g/mol. The van der Waals surface area contributed by atoms with Gasteiger partial charge in [0.05, 0.1) is 6.61 Å². The molecule has 1 aliphatic carbocycles. The van der Waals surface area contributed by atoms with Crippen LogP contribution in [0, 0.1) is 5.82 Å². The van der Waals surface area contributed by atoms with E-state index in [4.69, 9.17) is 11.6 Å². The highest BCUT2D eigenvalue weighted by Gasteiger charge is 2.41. The fourth-order valence-corrected chi connectivity index (χ4v) is 2.46. The Morgan fingerprint density at radius 3 is 2.57 bits per heavy atom. The number of benzene rings is 1. The van der Waals surface area contributed by atoms with E-state index in [0.717, 1.165) is 19.3 Å². The molecule has 0 unspecified atom stereocenters. The van der Waals surface area contributed by atoms with Gasteiger partial charge in [0.1, 0.15) is 5.82 Å². The molecule has 0 aliphatic heterocycles. The smallest absolute Gasteiger partial charge is 0.128 e. The van der Waals surface area contributed by atoms with E-state index in [1.807, 2.05) is 0 Å². The van der Waals surface area contributed by atoms with E-state index in [1.54, 1.807) is 12.1 Å². The van der Waals surface area contributed by atoms with Crippen LogP contribution in [0.2, 0.25) is 5.02 Å². The van der Waals surface area contributed by atoms with Gasteiger partial charge in [0, 0.05) is 16.0 Å². The zero-order chi connectivity index (χ0) is 10.2. The lowest BCUT2D eigenvalue weighted by Crippen LogP contribution is -2.39. The lowest BCUT2D eigenvalue weighted by molar-refractivity contribution is 0.116. The van der Waals surface area contributed by atoms with Crippen molar-refractivity contribution in [3.63, 3.8) is 0 Å². The Bertz CT molecular complexity index is 321. The first-order chi connectivity index (χ1) is 6.69. The van der Waals surface area contributed by atoms with Crippen molar-refractivity contribution in [3.05, 3.63) is 34.6 Å². The summed E-state index contributed by atoms with van der Waals surface area (Å²) in [7, 11) is 0. The molecule has 0 aromatic heterocycles. The van der Waals surface area contributed by atoms with Gasteiger partial charge in [0.15, 0.2) is 0 Å². The molecule has 0 spiro atoms. The maximum atomic E-state index is 13.6. The maximum Gasteiger partial charge on any atom is 0.128 e. The second-order valence-electron chi connectivity index (χ2n) is 3.89. The van der Waals surface area contributed by atoms with E-state index >= 15 is 0 Å². The molecule has 0 heterocycles. The minimum atomic E-state index is -0.414. The fraction of sp³-hybridized carbons (Fsp3) is 0.455. The van der Waals surface area contributed by atoms with Gasteiger partial charge >= 0.3 is 0 Å². The first-order valence-corrected chi connectivity index (χ1v) is 5.13. The van der Waals surface area contributed by atoms with E-state index in [2.05, 4.69) is 0 Å². The molecule has 3 heteroatoms. The topological polar surface area (TPSA) is 20.2 Å². The van der Waals surface area contributed by atoms with Crippen LogP contribution in [0.3, 0.4) is 0 Å². The van der Waals surface area contributed by atoms with E-state index in [-0.39, 0.29) is 12.4 Å². The second kappa shape index (κ2) is 3.52. The number of halogens is 2. The number of hydrogen-bond donors (Lipinski definition) is 1. The van der Waals surface area contributed by atoms with Crippen LogP contribution in [-0.2, 0) is 5.41 Å². The van der Waals surface area contributed by atoms with Crippen molar-refractivity contribution in [2.45, 2.75) is 24.7 Å². The van der Waals surface area contributed by atoms with Gasteiger partial charge in [0.2, 0.25) is 0 Å². The van der Waals surface area contributed by atoms with Crippen LogP contribution in [0.4, 0.5) is 4.39 Å². The Hall–Kier alpha value is -0.600. The summed E-state index contributed by atoms with van der Waals surface area (Å²) >= 11 is 5.95. The molecule has 0 saturated heterocycles. The van der Waals surface area contributed by atoms with E-state index in [1.165, 1.54) is 6.07 Å². The van der Waals surface area contributed by atoms with Gasteiger partial charge in [0.25, 0.3) is 0 Å². The maximum absolute atomic E-state index is 13.6. The summed E-state index contributed by atoms with van der Waals surface area (Å²) in [5, 5.41) is 9.74. The summed E-state index contributed by atoms with van der Waals surface area (Å²) in [5.41, 5.74) is 0.0815. The van der Waals surface area contributed by atoms with Gasteiger partial charge < -0.3 is 5.11 Å². The summed E-state index contributed by atoms with van der Waals surface area (Å²) < 4.78 is 13.6. The highest BCUT2D eigenvalue weighted by atomic mass is 35.5. The Morgan fingerprint density at radius 1 is 1.43 bits per heavy atom. The number of rotatable bonds is 2. The summed E-state index contributed by atoms with van der Waals surface area (Å²) in [6.07, 6.45) is 2.68. The van der Waals surface area contributed by atoms with Crippen molar-refractivity contribution in [2.75, 3.05) is 6.61 Å². The SMILES string of the molecule is OCC1(c2c(F)cccc2Cl)CCC1. The summed E-state index contributed by atoms with van der Waals surface area (Å²) in [6.45, 7) is -0.0202. The minimum absolute atomic E-state index is 0.0202. The van der Waals surface area contributed by atoms with Gasteiger partial charge in [-0.25, -0.2) is 4.39 Å². The lowest BCUT2D eigenvalue weighted by atomic mass is 9.65. The fourth-order valence-electron chi connectivity index (χ4n) is 2.10. The second-order valence-corrected chi connectivity index (χ2v) is 4.30. The predicted molar refractivity (Wildman–Crippen MR) is 54.0 cm³/mol. The molecule has 1 aliphatic rings. The van der Waals surface area contributed by atoms with E-state index in [9.17, 15) is 9.50 Å². The normalized spacial score (nSPS) is 19.1. The Morgan fingerprint density at radius 2 is 2.14 bits per heavy atom. The molecular formula is C11H12ClFO. The molecule has 1 aromatic carbocycles. The van der Waals surface area contributed by atoms with Gasteiger partial charge in [-0.15, -0.1) is 0 Å². The molecule has 0 amide bonds. The minimum Gasteiger partial charge on any atom is -0.395 e. The average Bonchev–Trinajstić information content (AvgIpc) is 2.08. The number of aliphatic hydroxyl groups excluding tert-OH is 1. The molecule has 1 nitrogen and oxygen atoms in total. The molecule has 76 valence electrons. The zero-order valence-corrected chi connectivity index (χ0v) is 8.52. The summed E-state index contributed by atoms with van der Waals surface area (Å²) in [6, 6.07) is 4.66. The van der Waals surface area contributed by atoms with Crippen molar-refractivity contribution in [3.8, 4) is 0 Å². The predicted octanol–water partition coefficient (Wildman–Crippen LogP) is 2.89. The zero-order valence-electron chi connectivity index (χ0n) is 7.76. The standard InChI is InChI=1S/C11H12ClFO/c12-8-3-1-4-9(13)10(8)11(7-14)5-2-6-11/h1,3-4,14H,2,5-7H2. The van der Waals surface area contributed by atoms with Gasteiger partial charge in [-0.1, -0.05) is 24.1 Å². The molecule has 2 rings (SSSR count). The quantitative estimate of drug-likeness (QED) is 0.803. The molecule has 0 radical (unpaired) electrons. The molecule has 1 aromatic rings. The number of aliphatic hydroxyl groups is 1. The van der Waals surface area contributed by atoms with Crippen LogP contribution in [-0.4, -0.2) is 11.7 Å². The molecule has 1 saturated carbocycles. The third-order valence-corrected chi connectivity index (χ3v) is 3.42. The summed E-state index contributed by atoms with van der Waals surface area (Å²) in [4.78, 5) is 0. The molecule has 0 bridgehead atoms. The highest BCUT2D eigenvalue weighted by molar-refractivity contribution is 6.31.